The van der Waals surface area contributed by atoms with Crippen LogP contribution < -0.4 is 20.1 Å². The molecule has 7 heteroatoms. The van der Waals surface area contributed by atoms with Crippen molar-refractivity contribution in [2.24, 2.45) is 0 Å². The first-order valence-corrected chi connectivity index (χ1v) is 8.87. The zero-order chi connectivity index (χ0) is 19.8. The molecule has 0 aliphatic rings. The minimum atomic E-state index is -0.265. The van der Waals surface area contributed by atoms with Crippen LogP contribution in [0.15, 0.2) is 36.4 Å². The molecular weight excluding hydrogens is 368 g/mol. The van der Waals surface area contributed by atoms with Crippen LogP contribution in [-0.2, 0) is 4.79 Å². The molecular formula is C20H23ClN2O4. The van der Waals surface area contributed by atoms with E-state index in [1.54, 1.807) is 43.5 Å². The lowest BCUT2D eigenvalue weighted by atomic mass is 10.1. The van der Waals surface area contributed by atoms with Gasteiger partial charge in [-0.3, -0.25) is 9.59 Å². The van der Waals surface area contributed by atoms with Crippen molar-refractivity contribution in [1.82, 2.24) is 10.6 Å². The monoisotopic (exact) mass is 390 g/mol. The molecule has 144 valence electrons. The maximum Gasteiger partial charge on any atom is 0.258 e. The van der Waals surface area contributed by atoms with Crippen molar-refractivity contribution in [3.8, 4) is 11.5 Å². The van der Waals surface area contributed by atoms with Gasteiger partial charge in [-0.1, -0.05) is 11.6 Å². The van der Waals surface area contributed by atoms with Gasteiger partial charge in [0, 0.05) is 23.7 Å². The van der Waals surface area contributed by atoms with Gasteiger partial charge < -0.3 is 20.1 Å². The molecule has 6 nitrogen and oxygen atoms in total. The van der Waals surface area contributed by atoms with Crippen molar-refractivity contribution in [3.05, 3.63) is 58.1 Å². The predicted octanol–water partition coefficient (Wildman–Crippen LogP) is 2.89. The zero-order valence-corrected chi connectivity index (χ0v) is 16.4. The molecule has 2 aromatic carbocycles. The van der Waals surface area contributed by atoms with Crippen LogP contribution in [0.25, 0.3) is 0 Å². The Labute approximate surface area is 163 Å². The highest BCUT2D eigenvalue weighted by molar-refractivity contribution is 6.32. The summed E-state index contributed by atoms with van der Waals surface area (Å²) in [5, 5.41) is 6.12. The second kappa shape index (κ2) is 9.83. The topological polar surface area (TPSA) is 76.7 Å². The Hall–Kier alpha value is -2.73. The third-order valence-corrected chi connectivity index (χ3v) is 4.46. The summed E-state index contributed by atoms with van der Waals surface area (Å²) in [4.78, 5) is 23.8. The Morgan fingerprint density at radius 1 is 0.963 bits per heavy atom. The third-order valence-electron chi connectivity index (χ3n) is 3.86. The molecule has 2 N–H and O–H groups in total. The summed E-state index contributed by atoms with van der Waals surface area (Å²) in [7, 11) is 1.57. The first kappa shape index (κ1) is 20.6. The van der Waals surface area contributed by atoms with Crippen molar-refractivity contribution in [3.63, 3.8) is 0 Å². The molecule has 2 amide bonds. The molecule has 0 bridgehead atoms. The molecule has 0 unspecified atom stereocenters. The first-order valence-electron chi connectivity index (χ1n) is 8.49. The van der Waals surface area contributed by atoms with E-state index in [0.29, 0.717) is 35.2 Å². The van der Waals surface area contributed by atoms with E-state index in [-0.39, 0.29) is 18.4 Å². The number of carbonyl (C=O) groups excluding carboxylic acids is 2. The third kappa shape index (κ3) is 6.18. The summed E-state index contributed by atoms with van der Waals surface area (Å²) >= 11 is 6.11. The normalized spacial score (nSPS) is 10.2. The highest BCUT2D eigenvalue weighted by Gasteiger charge is 2.08. The summed E-state index contributed by atoms with van der Waals surface area (Å²) < 4.78 is 10.5. The summed E-state index contributed by atoms with van der Waals surface area (Å²) in [5.74, 6) is 0.802. The van der Waals surface area contributed by atoms with Crippen LogP contribution in [0.4, 0.5) is 0 Å². The summed E-state index contributed by atoms with van der Waals surface area (Å²) in [6.07, 6.45) is 0. The Balaban J connectivity index is 1.69. The average molecular weight is 391 g/mol. The van der Waals surface area contributed by atoms with E-state index in [4.69, 9.17) is 21.1 Å². The van der Waals surface area contributed by atoms with Crippen LogP contribution in [0.2, 0.25) is 5.02 Å². The Kier molecular flexibility index (Phi) is 7.49. The highest BCUT2D eigenvalue weighted by atomic mass is 35.5. The van der Waals surface area contributed by atoms with Crippen LogP contribution in [0, 0.1) is 13.8 Å². The van der Waals surface area contributed by atoms with Gasteiger partial charge in [0.25, 0.3) is 11.8 Å². The number of amides is 2. The van der Waals surface area contributed by atoms with Crippen LogP contribution in [0.3, 0.4) is 0 Å². The average Bonchev–Trinajstić information content (AvgIpc) is 2.67. The molecule has 0 atom stereocenters. The van der Waals surface area contributed by atoms with E-state index in [0.717, 1.165) is 11.1 Å². The van der Waals surface area contributed by atoms with Gasteiger partial charge in [-0.2, -0.15) is 0 Å². The zero-order valence-electron chi connectivity index (χ0n) is 15.6. The first-order chi connectivity index (χ1) is 12.9. The smallest absolute Gasteiger partial charge is 0.258 e. The van der Waals surface area contributed by atoms with Crippen molar-refractivity contribution < 1.29 is 19.1 Å². The van der Waals surface area contributed by atoms with E-state index in [2.05, 4.69) is 10.6 Å². The van der Waals surface area contributed by atoms with Crippen molar-refractivity contribution in [2.75, 3.05) is 26.8 Å². The number of nitrogens with one attached hydrogen (secondary N) is 2. The van der Waals surface area contributed by atoms with Crippen LogP contribution in [0.5, 0.6) is 11.5 Å². The number of aryl methyl sites for hydroxylation is 2. The maximum atomic E-state index is 12.0. The fraction of sp³-hybridized carbons (Fsp3) is 0.300. The number of ether oxygens (including phenoxy) is 2. The fourth-order valence-corrected chi connectivity index (χ4v) is 2.52. The molecule has 0 aliphatic heterocycles. The molecule has 27 heavy (non-hydrogen) atoms. The number of halogens is 1. The van der Waals surface area contributed by atoms with Crippen LogP contribution in [-0.4, -0.2) is 38.6 Å². The number of benzene rings is 2. The number of hydrogen-bond donors (Lipinski definition) is 2. The molecule has 0 radical (unpaired) electrons. The lowest BCUT2D eigenvalue weighted by Crippen LogP contribution is -2.36. The van der Waals surface area contributed by atoms with Gasteiger partial charge in [0.1, 0.15) is 11.5 Å². The van der Waals surface area contributed by atoms with Crippen LogP contribution in [0.1, 0.15) is 21.5 Å². The minimum Gasteiger partial charge on any atom is -0.497 e. The van der Waals surface area contributed by atoms with Gasteiger partial charge in [0.05, 0.1) is 7.11 Å². The molecule has 0 saturated heterocycles. The number of hydrogen-bond acceptors (Lipinski definition) is 4. The summed E-state index contributed by atoms with van der Waals surface area (Å²) in [6.45, 7) is 4.28. The lowest BCUT2D eigenvalue weighted by Gasteiger charge is -2.11. The Bertz CT molecular complexity index is 783. The minimum absolute atomic E-state index is 0.104. The van der Waals surface area contributed by atoms with E-state index in [1.807, 2.05) is 13.8 Å². The van der Waals surface area contributed by atoms with Crippen molar-refractivity contribution in [1.29, 1.82) is 0 Å². The van der Waals surface area contributed by atoms with Gasteiger partial charge in [-0.05, 0) is 61.4 Å². The van der Waals surface area contributed by atoms with Gasteiger partial charge in [0.2, 0.25) is 0 Å². The van der Waals surface area contributed by atoms with Gasteiger partial charge in [0.15, 0.2) is 6.61 Å². The molecule has 0 spiro atoms. The Morgan fingerprint density at radius 3 is 2.15 bits per heavy atom. The quantitative estimate of drug-likeness (QED) is 0.679. The fourth-order valence-electron chi connectivity index (χ4n) is 2.41. The second-order valence-electron chi connectivity index (χ2n) is 5.99. The number of rotatable bonds is 8. The van der Waals surface area contributed by atoms with Gasteiger partial charge >= 0.3 is 0 Å². The second-order valence-corrected chi connectivity index (χ2v) is 6.37. The summed E-state index contributed by atoms with van der Waals surface area (Å²) in [6, 6.07) is 10.4. The number of carbonyl (C=O) groups is 2. The molecule has 0 aliphatic carbocycles. The number of methoxy groups -OCH3 is 1. The molecule has 0 saturated carbocycles. The van der Waals surface area contributed by atoms with Gasteiger partial charge in [-0.15, -0.1) is 0 Å². The van der Waals surface area contributed by atoms with Crippen molar-refractivity contribution in [2.45, 2.75) is 13.8 Å². The molecule has 2 rings (SSSR count). The standard InChI is InChI=1S/C20H23ClN2O4/c1-13-10-17(11-14(2)19(13)21)27-12-18(24)22-8-9-23-20(25)15-4-6-16(26-3)7-5-15/h4-7,10-11H,8-9,12H2,1-3H3,(H,22,24)(H,23,25). The largest absolute Gasteiger partial charge is 0.497 e. The van der Waals surface area contributed by atoms with Gasteiger partial charge in [-0.25, -0.2) is 0 Å². The Morgan fingerprint density at radius 2 is 1.56 bits per heavy atom. The van der Waals surface area contributed by atoms with Crippen molar-refractivity contribution >= 4 is 23.4 Å². The summed E-state index contributed by atoms with van der Waals surface area (Å²) in [5.41, 5.74) is 2.32. The SMILES string of the molecule is COc1ccc(C(=O)NCCNC(=O)COc2cc(C)c(Cl)c(C)c2)cc1. The van der Waals surface area contributed by atoms with E-state index >= 15 is 0 Å². The van der Waals surface area contributed by atoms with E-state index in [1.165, 1.54) is 0 Å². The maximum absolute atomic E-state index is 12.0. The van der Waals surface area contributed by atoms with E-state index in [9.17, 15) is 9.59 Å². The lowest BCUT2D eigenvalue weighted by molar-refractivity contribution is -0.123. The predicted molar refractivity (Wildman–Crippen MR) is 105 cm³/mol. The van der Waals surface area contributed by atoms with Crippen LogP contribution >= 0.6 is 11.6 Å². The highest BCUT2D eigenvalue weighted by Crippen LogP contribution is 2.25. The molecule has 0 aromatic heterocycles. The molecule has 2 aromatic rings. The molecule has 0 fully saturated rings. The van der Waals surface area contributed by atoms with E-state index < -0.39 is 0 Å². The molecule has 0 heterocycles.